The second-order valence-corrected chi connectivity index (χ2v) is 18.3. The summed E-state index contributed by atoms with van der Waals surface area (Å²) in [5.41, 5.74) is 0. The van der Waals surface area contributed by atoms with E-state index in [9.17, 15) is 0 Å². The van der Waals surface area contributed by atoms with Gasteiger partial charge in [0.2, 0.25) is 6.69 Å². The molecule has 0 aliphatic heterocycles. The summed E-state index contributed by atoms with van der Waals surface area (Å²) in [4.78, 5) is 0. The Morgan fingerprint density at radius 1 is 0.400 bits per heavy atom. The van der Waals surface area contributed by atoms with Crippen LogP contribution in [0, 0.1) is 0 Å². The molecule has 0 aromatic rings. The molecule has 4 heteroatoms. The zero-order valence-electron chi connectivity index (χ0n) is 20.4. The number of hydrogen-bond acceptors (Lipinski definition) is 1. The van der Waals surface area contributed by atoms with Crippen LogP contribution in [0.4, 0.5) is 0 Å². The third kappa shape index (κ3) is 29.1. The van der Waals surface area contributed by atoms with Crippen molar-refractivity contribution in [3.05, 3.63) is 0 Å². The molecule has 0 aromatic heterocycles. The number of rotatable bonds is 25. The van der Waals surface area contributed by atoms with Gasteiger partial charge in [0.05, 0.1) is 0 Å². The molecule has 0 fully saturated rings. The molecular weight excluding hydrogens is 443 g/mol. The summed E-state index contributed by atoms with van der Waals surface area (Å²) in [6.45, 7) is 0.202. The van der Waals surface area contributed by atoms with Crippen LogP contribution in [-0.2, 0) is 0 Å². The van der Waals surface area contributed by atoms with E-state index in [0.29, 0.717) is 0 Å². The molecule has 0 aromatic carbocycles. The standard InChI is InChI=1S/C26H54Cl2SSi/c1-30(27,28)26-24-22-20-18-16-14-12-10-8-6-4-2-3-5-7-9-11-13-15-17-19-21-23-25-29/h29H,2-26H2,1H3. The highest BCUT2D eigenvalue weighted by molar-refractivity contribution is 7.80. The van der Waals surface area contributed by atoms with Crippen LogP contribution in [0.2, 0.25) is 12.6 Å². The molecule has 0 nitrogen and oxygen atoms in total. The van der Waals surface area contributed by atoms with Crippen molar-refractivity contribution in [2.24, 2.45) is 0 Å². The van der Waals surface area contributed by atoms with Crippen molar-refractivity contribution in [1.29, 1.82) is 0 Å². The summed E-state index contributed by atoms with van der Waals surface area (Å²) >= 11 is 16.5. The highest BCUT2D eigenvalue weighted by Crippen LogP contribution is 2.23. The van der Waals surface area contributed by atoms with Crippen molar-refractivity contribution in [1.82, 2.24) is 0 Å². The maximum atomic E-state index is 6.14. The fourth-order valence-electron chi connectivity index (χ4n) is 4.26. The van der Waals surface area contributed by atoms with Gasteiger partial charge >= 0.3 is 0 Å². The van der Waals surface area contributed by atoms with E-state index in [-0.39, 0.29) is 0 Å². The number of halogens is 2. The Labute approximate surface area is 206 Å². The molecule has 0 unspecified atom stereocenters. The van der Waals surface area contributed by atoms with Crippen LogP contribution < -0.4 is 0 Å². The highest BCUT2D eigenvalue weighted by atomic mass is 35.7. The van der Waals surface area contributed by atoms with E-state index in [0.717, 1.165) is 11.8 Å². The van der Waals surface area contributed by atoms with Gasteiger partial charge in [0.1, 0.15) is 0 Å². The Hall–Kier alpha value is 1.15. The van der Waals surface area contributed by atoms with Gasteiger partial charge in [0.25, 0.3) is 0 Å². The fraction of sp³-hybridized carbons (Fsp3) is 1.00. The van der Waals surface area contributed by atoms with Crippen LogP contribution >= 0.6 is 34.8 Å². The monoisotopic (exact) mass is 496 g/mol. The fourth-order valence-corrected chi connectivity index (χ4v) is 6.16. The first-order chi connectivity index (χ1) is 14.6. The topological polar surface area (TPSA) is 0 Å². The molecule has 0 bridgehead atoms. The van der Waals surface area contributed by atoms with E-state index < -0.39 is 6.69 Å². The maximum absolute atomic E-state index is 6.14. The van der Waals surface area contributed by atoms with E-state index in [4.69, 9.17) is 22.2 Å². The minimum atomic E-state index is -1.83. The second-order valence-electron chi connectivity index (χ2n) is 9.68. The third-order valence-corrected chi connectivity index (χ3v) is 8.96. The van der Waals surface area contributed by atoms with Crippen LogP contribution in [-0.4, -0.2) is 12.4 Å². The Bertz CT molecular complexity index is 321. The van der Waals surface area contributed by atoms with E-state index in [1.165, 1.54) is 148 Å². The van der Waals surface area contributed by atoms with Gasteiger partial charge in [-0.25, -0.2) is 0 Å². The average molecular weight is 498 g/mol. The molecule has 0 N–H and O–H groups in total. The van der Waals surface area contributed by atoms with Crippen LogP contribution in [0.25, 0.3) is 0 Å². The third-order valence-electron chi connectivity index (χ3n) is 6.27. The number of hydrogen-bond donors (Lipinski definition) is 1. The van der Waals surface area contributed by atoms with E-state index in [2.05, 4.69) is 12.6 Å². The number of unbranched alkanes of at least 4 members (excludes halogenated alkanes) is 22. The largest absolute Gasteiger partial charge is 0.248 e. The van der Waals surface area contributed by atoms with Crippen LogP contribution in [0.5, 0.6) is 0 Å². The molecule has 0 saturated heterocycles. The Morgan fingerprint density at radius 2 is 0.600 bits per heavy atom. The summed E-state index contributed by atoms with van der Waals surface area (Å²) in [6.07, 6.45) is 32.8. The van der Waals surface area contributed by atoms with Gasteiger partial charge < -0.3 is 0 Å². The molecule has 0 heterocycles. The van der Waals surface area contributed by atoms with Crippen molar-refractivity contribution in [2.45, 2.75) is 160 Å². The Kier molecular flexibility index (Phi) is 25.7. The predicted octanol–water partition coefficient (Wildman–Crippen LogP) is 11.4. The molecule has 0 radical (unpaired) electrons. The second kappa shape index (κ2) is 24.8. The van der Waals surface area contributed by atoms with Crippen molar-refractivity contribution in [2.75, 3.05) is 5.75 Å². The summed E-state index contributed by atoms with van der Waals surface area (Å²) in [5, 5.41) is 0. The van der Waals surface area contributed by atoms with Gasteiger partial charge in [-0.1, -0.05) is 141 Å². The highest BCUT2D eigenvalue weighted by Gasteiger charge is 2.19. The van der Waals surface area contributed by atoms with Gasteiger partial charge in [-0.15, -0.1) is 22.2 Å². The van der Waals surface area contributed by atoms with Gasteiger partial charge in [-0.05, 0) is 24.8 Å². The molecular formula is C26H54Cl2SSi. The first-order valence-electron chi connectivity index (χ1n) is 13.5. The number of thiol groups is 1. The molecule has 0 atom stereocenters. The Morgan fingerprint density at radius 3 is 0.800 bits per heavy atom. The van der Waals surface area contributed by atoms with E-state index in [1.807, 2.05) is 6.55 Å². The lowest BCUT2D eigenvalue weighted by Gasteiger charge is -2.09. The molecule has 0 aliphatic carbocycles. The maximum Gasteiger partial charge on any atom is 0.248 e. The molecule has 0 saturated carbocycles. The van der Waals surface area contributed by atoms with Gasteiger partial charge in [0, 0.05) is 0 Å². The Balaban J connectivity index is 3.02. The molecule has 182 valence electrons. The van der Waals surface area contributed by atoms with Crippen molar-refractivity contribution < 1.29 is 0 Å². The van der Waals surface area contributed by atoms with Crippen LogP contribution in [0.1, 0.15) is 148 Å². The van der Waals surface area contributed by atoms with Gasteiger partial charge in [0.15, 0.2) is 0 Å². The lowest BCUT2D eigenvalue weighted by atomic mass is 10.0. The van der Waals surface area contributed by atoms with Crippen LogP contribution in [0.15, 0.2) is 0 Å². The average Bonchev–Trinajstić information content (AvgIpc) is 2.70. The lowest BCUT2D eigenvalue weighted by molar-refractivity contribution is 0.519. The molecule has 0 rings (SSSR count). The normalized spacial score (nSPS) is 12.0. The van der Waals surface area contributed by atoms with Gasteiger partial charge in [-0.3, -0.25) is 0 Å². The molecule has 0 amide bonds. The smallest absolute Gasteiger partial charge is 0.179 e. The van der Waals surface area contributed by atoms with E-state index in [1.54, 1.807) is 0 Å². The minimum Gasteiger partial charge on any atom is -0.179 e. The molecule has 0 spiro atoms. The minimum absolute atomic E-state index is 1.06. The first kappa shape index (κ1) is 31.1. The summed E-state index contributed by atoms with van der Waals surface area (Å²) in [6, 6.07) is 1.06. The summed E-state index contributed by atoms with van der Waals surface area (Å²) in [7, 11) is 0. The van der Waals surface area contributed by atoms with Crippen molar-refractivity contribution >= 4 is 41.5 Å². The summed E-state index contributed by atoms with van der Waals surface area (Å²) < 4.78 is 0. The van der Waals surface area contributed by atoms with Crippen molar-refractivity contribution in [3.63, 3.8) is 0 Å². The first-order valence-corrected chi connectivity index (χ1v) is 18.9. The summed E-state index contributed by atoms with van der Waals surface area (Å²) in [5.74, 6) is 1.06. The van der Waals surface area contributed by atoms with Gasteiger partial charge in [-0.2, -0.15) is 12.6 Å². The SMILES string of the molecule is C[Si](Cl)(Cl)CCCCCCCCCCCCCCCCCCCCCCCCCS. The molecule has 0 aliphatic rings. The zero-order valence-corrected chi connectivity index (χ0v) is 23.8. The quantitative estimate of drug-likeness (QED) is 0.0551. The molecule has 30 heavy (non-hydrogen) atoms. The lowest BCUT2D eigenvalue weighted by Crippen LogP contribution is -2.11. The van der Waals surface area contributed by atoms with E-state index >= 15 is 0 Å². The predicted molar refractivity (Wildman–Crippen MR) is 148 cm³/mol. The zero-order chi connectivity index (χ0) is 22.2. The van der Waals surface area contributed by atoms with Crippen LogP contribution in [0.3, 0.4) is 0 Å². The van der Waals surface area contributed by atoms with Crippen molar-refractivity contribution in [3.8, 4) is 0 Å².